The highest BCUT2D eigenvalue weighted by Gasteiger charge is 2.34. The molecule has 0 saturated carbocycles. The van der Waals surface area contributed by atoms with Gasteiger partial charge in [0.15, 0.2) is 5.13 Å². The summed E-state index contributed by atoms with van der Waals surface area (Å²) in [5, 5.41) is 3.41. The largest absolute Gasteiger partial charge is 0.342 e. The molecule has 0 aromatic carbocycles. The maximum Gasteiger partial charge on any atom is 0.231 e. The number of carbonyl (C=O) groups is 2. The van der Waals surface area contributed by atoms with Crippen molar-refractivity contribution in [3.05, 3.63) is 11.1 Å². The van der Waals surface area contributed by atoms with Crippen molar-refractivity contribution in [3.8, 4) is 0 Å². The molecule has 1 fully saturated rings. The van der Waals surface area contributed by atoms with E-state index in [4.69, 9.17) is 0 Å². The number of amides is 2. The first kappa shape index (κ1) is 15.9. The Balaban J connectivity index is 1.82. The van der Waals surface area contributed by atoms with Crippen LogP contribution in [0.25, 0.3) is 0 Å². The third kappa shape index (κ3) is 4.50. The van der Waals surface area contributed by atoms with Crippen molar-refractivity contribution in [1.82, 2.24) is 14.8 Å². The number of rotatable bonds is 6. The molecule has 6 nitrogen and oxygen atoms in total. The minimum absolute atomic E-state index is 0.0734. The molecule has 2 heterocycles. The van der Waals surface area contributed by atoms with E-state index < -0.39 is 0 Å². The zero-order chi connectivity index (χ0) is 15.4. The summed E-state index contributed by atoms with van der Waals surface area (Å²) in [7, 11) is 4.02. The molecule has 0 bridgehead atoms. The Morgan fingerprint density at radius 1 is 1.57 bits per heavy atom. The Morgan fingerprint density at radius 2 is 2.33 bits per heavy atom. The lowest BCUT2D eigenvalue weighted by atomic mass is 10.1. The zero-order valence-electron chi connectivity index (χ0n) is 12.8. The lowest BCUT2D eigenvalue weighted by Crippen LogP contribution is -2.30. The van der Waals surface area contributed by atoms with Crippen LogP contribution in [0, 0.1) is 12.8 Å². The topological polar surface area (TPSA) is 65.5 Å². The van der Waals surface area contributed by atoms with Crippen LogP contribution in [0.4, 0.5) is 5.13 Å². The van der Waals surface area contributed by atoms with Gasteiger partial charge in [-0.25, -0.2) is 4.98 Å². The normalized spacial score (nSPS) is 18.6. The maximum atomic E-state index is 12.2. The van der Waals surface area contributed by atoms with Gasteiger partial charge in [0.25, 0.3) is 0 Å². The van der Waals surface area contributed by atoms with Crippen LogP contribution >= 0.6 is 11.3 Å². The number of nitrogens with zero attached hydrogens (tertiary/aromatic N) is 3. The summed E-state index contributed by atoms with van der Waals surface area (Å²) in [5.41, 5.74) is 0. The van der Waals surface area contributed by atoms with Gasteiger partial charge in [-0.15, -0.1) is 11.3 Å². The fourth-order valence-corrected chi connectivity index (χ4v) is 3.03. The van der Waals surface area contributed by atoms with Crippen molar-refractivity contribution in [1.29, 1.82) is 0 Å². The quantitative estimate of drug-likeness (QED) is 0.857. The van der Waals surface area contributed by atoms with Gasteiger partial charge in [-0.2, -0.15) is 0 Å². The van der Waals surface area contributed by atoms with Gasteiger partial charge in [0.2, 0.25) is 11.8 Å². The molecule has 1 saturated heterocycles. The maximum absolute atomic E-state index is 12.2. The monoisotopic (exact) mass is 310 g/mol. The van der Waals surface area contributed by atoms with Gasteiger partial charge in [-0.05, 0) is 34.0 Å². The van der Waals surface area contributed by atoms with Gasteiger partial charge in [0, 0.05) is 30.6 Å². The predicted molar refractivity (Wildman–Crippen MR) is 83.3 cm³/mol. The summed E-state index contributed by atoms with van der Waals surface area (Å²) in [6.07, 6.45) is 2.96. The molecule has 1 atom stereocenters. The number of hydrogen-bond donors (Lipinski definition) is 1. The predicted octanol–water partition coefficient (Wildman–Crippen LogP) is 1.19. The van der Waals surface area contributed by atoms with E-state index in [9.17, 15) is 9.59 Å². The number of carbonyl (C=O) groups excluding carboxylic acids is 2. The highest BCUT2D eigenvalue weighted by molar-refractivity contribution is 7.15. The molecule has 1 aliphatic heterocycles. The fraction of sp³-hybridized carbons (Fsp3) is 0.643. The number of thiazole rings is 1. The Morgan fingerprint density at radius 3 is 2.95 bits per heavy atom. The van der Waals surface area contributed by atoms with Crippen molar-refractivity contribution in [3.63, 3.8) is 0 Å². The number of aromatic nitrogens is 1. The molecule has 1 unspecified atom stereocenters. The van der Waals surface area contributed by atoms with Crippen LogP contribution in [0.2, 0.25) is 0 Å². The molecule has 21 heavy (non-hydrogen) atoms. The number of aryl methyl sites for hydroxylation is 1. The van der Waals surface area contributed by atoms with Crippen molar-refractivity contribution < 1.29 is 9.59 Å². The molecule has 0 aliphatic carbocycles. The van der Waals surface area contributed by atoms with Gasteiger partial charge < -0.3 is 15.1 Å². The van der Waals surface area contributed by atoms with E-state index in [0.717, 1.165) is 24.4 Å². The van der Waals surface area contributed by atoms with Crippen LogP contribution < -0.4 is 5.32 Å². The number of likely N-dealkylation sites (tertiary alicyclic amines) is 1. The average Bonchev–Trinajstić information content (AvgIpc) is 2.96. The first-order valence-electron chi connectivity index (χ1n) is 7.11. The van der Waals surface area contributed by atoms with Crippen molar-refractivity contribution in [2.45, 2.75) is 19.8 Å². The summed E-state index contributed by atoms with van der Waals surface area (Å²) < 4.78 is 0. The fourth-order valence-electron chi connectivity index (χ4n) is 2.36. The van der Waals surface area contributed by atoms with Gasteiger partial charge in [-0.3, -0.25) is 9.59 Å². The van der Waals surface area contributed by atoms with E-state index in [2.05, 4.69) is 15.2 Å². The average molecular weight is 310 g/mol. The third-order valence-electron chi connectivity index (χ3n) is 3.47. The van der Waals surface area contributed by atoms with Crippen molar-refractivity contribution in [2.24, 2.45) is 5.92 Å². The van der Waals surface area contributed by atoms with E-state index in [1.165, 1.54) is 11.3 Å². The molecule has 0 radical (unpaired) electrons. The lowest BCUT2D eigenvalue weighted by molar-refractivity contribution is -0.128. The van der Waals surface area contributed by atoms with E-state index in [-0.39, 0.29) is 17.7 Å². The van der Waals surface area contributed by atoms with E-state index in [0.29, 0.717) is 18.1 Å². The Hall–Kier alpha value is -1.47. The van der Waals surface area contributed by atoms with Crippen LogP contribution in [0.5, 0.6) is 0 Å². The molecule has 1 aromatic heterocycles. The number of anilines is 1. The lowest BCUT2D eigenvalue weighted by Gasteiger charge is -2.17. The van der Waals surface area contributed by atoms with Crippen LogP contribution in [0.1, 0.15) is 17.7 Å². The summed E-state index contributed by atoms with van der Waals surface area (Å²) in [6, 6.07) is 0. The molecule has 2 rings (SSSR count). The molecular weight excluding hydrogens is 288 g/mol. The van der Waals surface area contributed by atoms with E-state index >= 15 is 0 Å². The minimum Gasteiger partial charge on any atom is -0.342 e. The highest BCUT2D eigenvalue weighted by atomic mass is 32.1. The molecule has 1 aromatic rings. The standard InChI is InChI=1S/C14H22N4O2S/c1-10-8-15-14(21-10)16-13(20)11-7-12(19)18(9-11)6-4-5-17(2)3/h8,11H,4-7,9H2,1-3H3,(H,15,16,20). The minimum atomic E-state index is -0.263. The smallest absolute Gasteiger partial charge is 0.231 e. The Bertz CT molecular complexity index is 515. The molecule has 0 spiro atoms. The number of nitrogens with one attached hydrogen (secondary N) is 1. The van der Waals surface area contributed by atoms with Crippen LogP contribution in [-0.2, 0) is 9.59 Å². The van der Waals surface area contributed by atoms with Crippen LogP contribution in [0.15, 0.2) is 6.20 Å². The van der Waals surface area contributed by atoms with Gasteiger partial charge in [0.1, 0.15) is 0 Å². The third-order valence-corrected chi connectivity index (χ3v) is 4.30. The Kier molecular flexibility index (Phi) is 5.30. The zero-order valence-corrected chi connectivity index (χ0v) is 13.6. The van der Waals surface area contributed by atoms with Gasteiger partial charge >= 0.3 is 0 Å². The highest BCUT2D eigenvalue weighted by Crippen LogP contribution is 2.22. The van der Waals surface area contributed by atoms with Crippen molar-refractivity contribution >= 4 is 28.3 Å². The van der Waals surface area contributed by atoms with E-state index in [1.807, 2.05) is 21.0 Å². The SMILES string of the molecule is Cc1cnc(NC(=O)C2CC(=O)N(CCCN(C)C)C2)s1. The second-order valence-electron chi connectivity index (χ2n) is 5.66. The molecule has 1 aliphatic rings. The first-order valence-corrected chi connectivity index (χ1v) is 7.93. The molecule has 1 N–H and O–H groups in total. The Labute approximate surface area is 129 Å². The van der Waals surface area contributed by atoms with Crippen LogP contribution in [0.3, 0.4) is 0 Å². The number of hydrogen-bond acceptors (Lipinski definition) is 5. The van der Waals surface area contributed by atoms with Crippen LogP contribution in [-0.4, -0.2) is 60.3 Å². The van der Waals surface area contributed by atoms with Gasteiger partial charge in [0.05, 0.1) is 5.92 Å². The second kappa shape index (κ2) is 7.00. The second-order valence-corrected chi connectivity index (χ2v) is 6.90. The molecule has 116 valence electrons. The molecular formula is C14H22N4O2S. The molecule has 7 heteroatoms. The summed E-state index contributed by atoms with van der Waals surface area (Å²) in [6.45, 7) is 4.12. The van der Waals surface area contributed by atoms with Crippen molar-refractivity contribution in [2.75, 3.05) is 39.0 Å². The first-order chi connectivity index (χ1) is 9.95. The summed E-state index contributed by atoms with van der Waals surface area (Å²) >= 11 is 1.45. The van der Waals surface area contributed by atoms with E-state index in [1.54, 1.807) is 11.1 Å². The summed E-state index contributed by atoms with van der Waals surface area (Å²) in [5.74, 6) is -0.293. The van der Waals surface area contributed by atoms with Gasteiger partial charge in [-0.1, -0.05) is 0 Å². The summed E-state index contributed by atoms with van der Waals surface area (Å²) in [4.78, 5) is 33.2. The molecule has 2 amide bonds.